The Morgan fingerprint density at radius 2 is 1.39 bits per heavy atom. The average Bonchev–Trinajstić information content (AvgIpc) is 3.16. The molecule has 1 heterocycles. The molecule has 0 N–H and O–H groups in total. The Labute approximate surface area is 112 Å². The van der Waals surface area contributed by atoms with Crippen molar-refractivity contribution in [2.45, 2.75) is 63.5 Å². The van der Waals surface area contributed by atoms with E-state index in [-0.39, 0.29) is 0 Å². The van der Waals surface area contributed by atoms with Crippen LogP contribution in [-0.4, -0.2) is 48.1 Å². The third-order valence-electron chi connectivity index (χ3n) is 6.36. The molecule has 2 heteroatoms. The lowest BCUT2D eigenvalue weighted by atomic mass is 9.93. The van der Waals surface area contributed by atoms with Gasteiger partial charge in [-0.2, -0.15) is 0 Å². The summed E-state index contributed by atoms with van der Waals surface area (Å²) in [7, 11) is 0. The quantitative estimate of drug-likeness (QED) is 0.741. The Morgan fingerprint density at radius 3 is 2.00 bits per heavy atom. The minimum Gasteiger partial charge on any atom is -0.298 e. The molecule has 102 valence electrons. The Kier molecular flexibility index (Phi) is 3.12. The predicted molar refractivity (Wildman–Crippen MR) is 74.6 cm³/mol. The topological polar surface area (TPSA) is 6.48 Å². The molecule has 4 fully saturated rings. The summed E-state index contributed by atoms with van der Waals surface area (Å²) in [5.74, 6) is 2.18. The first-order valence-corrected chi connectivity index (χ1v) is 8.38. The van der Waals surface area contributed by atoms with E-state index in [1.165, 1.54) is 64.7 Å². The van der Waals surface area contributed by atoms with Crippen LogP contribution in [0.4, 0.5) is 0 Å². The molecule has 18 heavy (non-hydrogen) atoms. The largest absolute Gasteiger partial charge is 0.298 e. The van der Waals surface area contributed by atoms with Crippen molar-refractivity contribution in [3.63, 3.8) is 0 Å². The van der Waals surface area contributed by atoms with E-state index in [1.54, 1.807) is 12.8 Å². The lowest BCUT2D eigenvalue weighted by Gasteiger charge is -2.43. The van der Waals surface area contributed by atoms with Crippen LogP contribution in [0.5, 0.6) is 0 Å². The van der Waals surface area contributed by atoms with Gasteiger partial charge in [0.1, 0.15) is 0 Å². The van der Waals surface area contributed by atoms with Gasteiger partial charge in [-0.3, -0.25) is 9.80 Å². The molecule has 3 atom stereocenters. The molecule has 4 rings (SSSR count). The second kappa shape index (κ2) is 4.79. The van der Waals surface area contributed by atoms with Gasteiger partial charge in [0.25, 0.3) is 0 Å². The van der Waals surface area contributed by atoms with Crippen LogP contribution in [0.3, 0.4) is 0 Å². The van der Waals surface area contributed by atoms with Crippen molar-refractivity contribution in [2.75, 3.05) is 26.2 Å². The molecule has 0 aromatic rings. The maximum absolute atomic E-state index is 2.86. The fourth-order valence-electron chi connectivity index (χ4n) is 5.36. The van der Waals surface area contributed by atoms with E-state index in [0.717, 1.165) is 23.9 Å². The van der Waals surface area contributed by atoms with Gasteiger partial charge in [-0.25, -0.2) is 0 Å². The van der Waals surface area contributed by atoms with Gasteiger partial charge in [-0.05, 0) is 43.9 Å². The molecule has 0 spiro atoms. The molecule has 0 aromatic heterocycles. The predicted octanol–water partition coefficient (Wildman–Crippen LogP) is 2.74. The van der Waals surface area contributed by atoms with Crippen LogP contribution >= 0.6 is 0 Å². The minimum absolute atomic E-state index is 0.951. The number of piperazine rings is 1. The Balaban J connectivity index is 1.32. The molecular weight excluding hydrogens is 220 g/mol. The van der Waals surface area contributed by atoms with Gasteiger partial charge >= 0.3 is 0 Å². The first-order chi connectivity index (χ1) is 8.90. The standard InChI is InChI=1S/C16H28N2/c1-2-4-15(3-1)17-7-9-18(10-8-17)16-12-13-5-6-14(16)11-13/h13-16H,1-12H2/t13-,14-,16+/m0/s1. The summed E-state index contributed by atoms with van der Waals surface area (Å²) in [4.78, 5) is 5.66. The SMILES string of the molecule is C1CCC(N2CCN([C@@H]3C[C@H]4CC[C@H]3C4)CC2)C1. The minimum atomic E-state index is 0.951. The number of fused-ring (bicyclic) bond motifs is 2. The first-order valence-electron chi connectivity index (χ1n) is 8.38. The highest BCUT2D eigenvalue weighted by Crippen LogP contribution is 2.46. The van der Waals surface area contributed by atoms with Crippen LogP contribution in [0.1, 0.15) is 51.4 Å². The van der Waals surface area contributed by atoms with E-state index in [2.05, 4.69) is 9.80 Å². The van der Waals surface area contributed by atoms with Crippen molar-refractivity contribution in [2.24, 2.45) is 11.8 Å². The second-order valence-corrected chi connectivity index (χ2v) is 7.25. The third kappa shape index (κ3) is 2.02. The molecule has 2 bridgehead atoms. The molecular formula is C16H28N2. The van der Waals surface area contributed by atoms with Gasteiger partial charge in [0, 0.05) is 38.3 Å². The Bertz CT molecular complexity index is 289. The van der Waals surface area contributed by atoms with Crippen LogP contribution in [0.15, 0.2) is 0 Å². The first kappa shape index (κ1) is 11.7. The van der Waals surface area contributed by atoms with Crippen molar-refractivity contribution in [1.29, 1.82) is 0 Å². The zero-order chi connectivity index (χ0) is 11.9. The molecule has 0 amide bonds. The lowest BCUT2D eigenvalue weighted by Crippen LogP contribution is -2.53. The normalized spacial score (nSPS) is 43.0. The molecule has 3 saturated carbocycles. The van der Waals surface area contributed by atoms with E-state index < -0.39 is 0 Å². The monoisotopic (exact) mass is 248 g/mol. The van der Waals surface area contributed by atoms with Crippen molar-refractivity contribution in [3.05, 3.63) is 0 Å². The second-order valence-electron chi connectivity index (χ2n) is 7.25. The van der Waals surface area contributed by atoms with Gasteiger partial charge in [0.15, 0.2) is 0 Å². The maximum atomic E-state index is 2.86. The zero-order valence-electron chi connectivity index (χ0n) is 11.7. The highest BCUT2D eigenvalue weighted by atomic mass is 15.3. The maximum Gasteiger partial charge on any atom is 0.0127 e. The number of hydrogen-bond acceptors (Lipinski definition) is 2. The Morgan fingerprint density at radius 1 is 0.667 bits per heavy atom. The highest BCUT2D eigenvalue weighted by Gasteiger charge is 2.43. The van der Waals surface area contributed by atoms with Crippen LogP contribution in [-0.2, 0) is 0 Å². The van der Waals surface area contributed by atoms with Gasteiger partial charge in [-0.1, -0.05) is 19.3 Å². The summed E-state index contributed by atoms with van der Waals surface area (Å²) >= 11 is 0. The van der Waals surface area contributed by atoms with E-state index >= 15 is 0 Å². The van der Waals surface area contributed by atoms with Gasteiger partial charge in [0.2, 0.25) is 0 Å². The van der Waals surface area contributed by atoms with Crippen LogP contribution in [0.2, 0.25) is 0 Å². The fraction of sp³-hybridized carbons (Fsp3) is 1.00. The molecule has 0 radical (unpaired) electrons. The molecule has 3 aliphatic carbocycles. The lowest BCUT2D eigenvalue weighted by molar-refractivity contribution is 0.0517. The summed E-state index contributed by atoms with van der Waals surface area (Å²) < 4.78 is 0. The Hall–Kier alpha value is -0.0800. The summed E-state index contributed by atoms with van der Waals surface area (Å²) in [6, 6.07) is 1.93. The summed E-state index contributed by atoms with van der Waals surface area (Å²) in [5.41, 5.74) is 0. The zero-order valence-corrected chi connectivity index (χ0v) is 11.7. The third-order valence-corrected chi connectivity index (χ3v) is 6.36. The number of nitrogens with zero attached hydrogens (tertiary/aromatic N) is 2. The fourth-order valence-corrected chi connectivity index (χ4v) is 5.36. The van der Waals surface area contributed by atoms with Gasteiger partial charge in [0.05, 0.1) is 0 Å². The van der Waals surface area contributed by atoms with Crippen LogP contribution in [0, 0.1) is 11.8 Å². The van der Waals surface area contributed by atoms with Crippen LogP contribution < -0.4 is 0 Å². The van der Waals surface area contributed by atoms with Gasteiger partial charge in [-0.15, -0.1) is 0 Å². The average molecular weight is 248 g/mol. The van der Waals surface area contributed by atoms with E-state index in [9.17, 15) is 0 Å². The van der Waals surface area contributed by atoms with Crippen molar-refractivity contribution < 1.29 is 0 Å². The van der Waals surface area contributed by atoms with Gasteiger partial charge < -0.3 is 0 Å². The molecule has 2 nitrogen and oxygen atoms in total. The smallest absolute Gasteiger partial charge is 0.0127 e. The molecule has 4 aliphatic rings. The molecule has 1 saturated heterocycles. The molecule has 0 aromatic carbocycles. The van der Waals surface area contributed by atoms with Crippen molar-refractivity contribution in [1.82, 2.24) is 9.80 Å². The number of rotatable bonds is 2. The van der Waals surface area contributed by atoms with E-state index in [4.69, 9.17) is 0 Å². The van der Waals surface area contributed by atoms with Crippen molar-refractivity contribution >= 4 is 0 Å². The molecule has 0 unspecified atom stereocenters. The highest BCUT2D eigenvalue weighted by molar-refractivity contribution is 4.97. The number of hydrogen-bond donors (Lipinski definition) is 0. The summed E-state index contributed by atoms with van der Waals surface area (Å²) in [5, 5.41) is 0. The van der Waals surface area contributed by atoms with E-state index in [0.29, 0.717) is 0 Å². The molecule has 1 aliphatic heterocycles. The summed E-state index contributed by atoms with van der Waals surface area (Å²) in [6.07, 6.45) is 12.1. The summed E-state index contributed by atoms with van der Waals surface area (Å²) in [6.45, 7) is 5.45. The van der Waals surface area contributed by atoms with Crippen molar-refractivity contribution in [3.8, 4) is 0 Å². The van der Waals surface area contributed by atoms with Crippen LogP contribution in [0.25, 0.3) is 0 Å². The van der Waals surface area contributed by atoms with E-state index in [1.807, 2.05) is 0 Å².